The van der Waals surface area contributed by atoms with E-state index in [2.05, 4.69) is 64.6 Å². The molecule has 0 fully saturated rings. The van der Waals surface area contributed by atoms with Gasteiger partial charge >= 0.3 is 0 Å². The van der Waals surface area contributed by atoms with Crippen molar-refractivity contribution in [1.29, 1.82) is 0 Å². The first-order valence-corrected chi connectivity index (χ1v) is 5.98. The maximum atomic E-state index is 4.65. The van der Waals surface area contributed by atoms with E-state index in [0.29, 0.717) is 5.92 Å². The number of imidazole rings is 1. The van der Waals surface area contributed by atoms with Crippen molar-refractivity contribution in [2.24, 2.45) is 13.0 Å². The maximum Gasteiger partial charge on any atom is 0.109 e. The van der Waals surface area contributed by atoms with Gasteiger partial charge in [-0.25, -0.2) is 4.98 Å². The Morgan fingerprint density at radius 1 is 1.40 bits per heavy atom. The highest BCUT2D eigenvalue weighted by Crippen LogP contribution is 2.21. The monoisotopic (exact) mass is 266 g/mol. The Morgan fingerprint density at radius 2 is 2.13 bits per heavy atom. The lowest BCUT2D eigenvalue weighted by molar-refractivity contribution is 0.606. The lowest BCUT2D eigenvalue weighted by Gasteiger charge is -2.04. The molecule has 0 spiro atoms. The van der Waals surface area contributed by atoms with Gasteiger partial charge in [-0.05, 0) is 24.1 Å². The number of benzene rings is 1. The first-order valence-electron chi connectivity index (χ1n) is 5.19. The van der Waals surface area contributed by atoms with Crippen molar-refractivity contribution in [3.63, 3.8) is 0 Å². The Labute approximate surface area is 98.4 Å². The standard InChI is InChI=1S/C12H15BrN2/c1-8(2)6-12-14-10-7-9(13)4-5-11(10)15(12)3/h4-5,7-8H,6H2,1-3H3. The fourth-order valence-corrected chi connectivity index (χ4v) is 2.12. The van der Waals surface area contributed by atoms with Crippen LogP contribution in [0.1, 0.15) is 19.7 Å². The summed E-state index contributed by atoms with van der Waals surface area (Å²) < 4.78 is 3.27. The van der Waals surface area contributed by atoms with E-state index in [0.717, 1.165) is 22.2 Å². The van der Waals surface area contributed by atoms with Gasteiger partial charge < -0.3 is 4.57 Å². The second-order valence-corrected chi connectivity index (χ2v) is 5.23. The van der Waals surface area contributed by atoms with Gasteiger partial charge in [-0.2, -0.15) is 0 Å². The van der Waals surface area contributed by atoms with Gasteiger partial charge in [0.1, 0.15) is 5.82 Å². The van der Waals surface area contributed by atoms with Gasteiger partial charge in [0.25, 0.3) is 0 Å². The molecule has 1 aromatic carbocycles. The van der Waals surface area contributed by atoms with Crippen molar-refractivity contribution in [3.8, 4) is 0 Å². The minimum Gasteiger partial charge on any atom is -0.331 e. The van der Waals surface area contributed by atoms with Gasteiger partial charge in [0.15, 0.2) is 0 Å². The largest absolute Gasteiger partial charge is 0.331 e. The van der Waals surface area contributed by atoms with Crippen molar-refractivity contribution in [3.05, 3.63) is 28.5 Å². The van der Waals surface area contributed by atoms with Gasteiger partial charge in [-0.15, -0.1) is 0 Å². The van der Waals surface area contributed by atoms with Crippen LogP contribution < -0.4 is 0 Å². The zero-order valence-electron chi connectivity index (χ0n) is 9.29. The molecule has 0 saturated carbocycles. The number of nitrogens with zero attached hydrogens (tertiary/aromatic N) is 2. The van der Waals surface area contributed by atoms with Crippen molar-refractivity contribution < 1.29 is 0 Å². The van der Waals surface area contributed by atoms with E-state index in [-0.39, 0.29) is 0 Å². The van der Waals surface area contributed by atoms with Gasteiger partial charge in [0.05, 0.1) is 11.0 Å². The van der Waals surface area contributed by atoms with Crippen LogP contribution in [0.4, 0.5) is 0 Å². The van der Waals surface area contributed by atoms with Gasteiger partial charge in [-0.1, -0.05) is 29.8 Å². The van der Waals surface area contributed by atoms with Gasteiger partial charge in [0.2, 0.25) is 0 Å². The second-order valence-electron chi connectivity index (χ2n) is 4.32. The van der Waals surface area contributed by atoms with Crippen LogP contribution in [0.5, 0.6) is 0 Å². The van der Waals surface area contributed by atoms with Crippen molar-refractivity contribution in [2.45, 2.75) is 20.3 Å². The number of hydrogen-bond donors (Lipinski definition) is 0. The van der Waals surface area contributed by atoms with Crippen LogP contribution in [0.3, 0.4) is 0 Å². The van der Waals surface area contributed by atoms with Crippen LogP contribution in [0.15, 0.2) is 22.7 Å². The molecule has 0 amide bonds. The summed E-state index contributed by atoms with van der Waals surface area (Å²) in [6.07, 6.45) is 1.03. The first-order chi connectivity index (χ1) is 7.08. The van der Waals surface area contributed by atoms with E-state index in [1.54, 1.807) is 0 Å². The summed E-state index contributed by atoms with van der Waals surface area (Å²) in [5, 5.41) is 0. The summed E-state index contributed by atoms with van der Waals surface area (Å²) in [4.78, 5) is 4.65. The van der Waals surface area contributed by atoms with E-state index in [1.807, 2.05) is 0 Å². The van der Waals surface area contributed by atoms with Crippen LogP contribution in [0.2, 0.25) is 0 Å². The molecule has 0 saturated heterocycles. The molecule has 0 aliphatic heterocycles. The molecule has 1 aromatic heterocycles. The van der Waals surface area contributed by atoms with Crippen LogP contribution in [-0.4, -0.2) is 9.55 Å². The molecule has 2 rings (SSSR count). The molecule has 0 unspecified atom stereocenters. The smallest absolute Gasteiger partial charge is 0.109 e. The third-order valence-electron chi connectivity index (χ3n) is 2.53. The Bertz CT molecular complexity index is 486. The maximum absolute atomic E-state index is 4.65. The zero-order valence-corrected chi connectivity index (χ0v) is 10.9. The Balaban J connectivity index is 2.54. The third kappa shape index (κ3) is 2.07. The highest BCUT2D eigenvalue weighted by Gasteiger charge is 2.08. The summed E-state index contributed by atoms with van der Waals surface area (Å²) in [5.41, 5.74) is 2.27. The SMILES string of the molecule is CC(C)Cc1nc2cc(Br)ccc2n1C. The fourth-order valence-electron chi connectivity index (χ4n) is 1.77. The van der Waals surface area contributed by atoms with Crippen molar-refractivity contribution in [1.82, 2.24) is 9.55 Å². The van der Waals surface area contributed by atoms with Gasteiger partial charge in [0, 0.05) is 17.9 Å². The molecule has 80 valence electrons. The number of fused-ring (bicyclic) bond motifs is 1. The van der Waals surface area contributed by atoms with E-state index < -0.39 is 0 Å². The lowest BCUT2D eigenvalue weighted by atomic mass is 10.1. The minimum absolute atomic E-state index is 0.643. The normalized spacial score (nSPS) is 11.5. The molecule has 3 heteroatoms. The summed E-state index contributed by atoms with van der Waals surface area (Å²) in [6, 6.07) is 6.23. The van der Waals surface area contributed by atoms with Gasteiger partial charge in [-0.3, -0.25) is 0 Å². The molecule has 15 heavy (non-hydrogen) atoms. The molecule has 0 bridgehead atoms. The van der Waals surface area contributed by atoms with Crippen LogP contribution in [-0.2, 0) is 13.5 Å². The summed E-state index contributed by atoms with van der Waals surface area (Å²) >= 11 is 3.47. The predicted molar refractivity (Wildman–Crippen MR) is 67.0 cm³/mol. The second kappa shape index (κ2) is 3.97. The summed E-state index contributed by atoms with van der Waals surface area (Å²) in [6.45, 7) is 4.44. The Hall–Kier alpha value is -0.830. The Morgan fingerprint density at radius 3 is 2.80 bits per heavy atom. The Kier molecular flexibility index (Phi) is 2.83. The predicted octanol–water partition coefficient (Wildman–Crippen LogP) is 3.53. The van der Waals surface area contributed by atoms with Crippen molar-refractivity contribution >= 4 is 27.0 Å². The highest BCUT2D eigenvalue weighted by molar-refractivity contribution is 9.10. The van der Waals surface area contributed by atoms with Crippen LogP contribution >= 0.6 is 15.9 Å². The number of rotatable bonds is 2. The average molecular weight is 267 g/mol. The molecule has 0 atom stereocenters. The quantitative estimate of drug-likeness (QED) is 0.813. The lowest BCUT2D eigenvalue weighted by Crippen LogP contribution is -2.02. The number of halogens is 1. The molecule has 0 aliphatic rings. The van der Waals surface area contributed by atoms with Crippen molar-refractivity contribution in [2.75, 3.05) is 0 Å². The topological polar surface area (TPSA) is 17.8 Å². The summed E-state index contributed by atoms with van der Waals surface area (Å²) in [7, 11) is 2.08. The van der Waals surface area contributed by atoms with E-state index in [4.69, 9.17) is 0 Å². The minimum atomic E-state index is 0.643. The molecule has 0 N–H and O–H groups in total. The number of aryl methyl sites for hydroxylation is 1. The number of hydrogen-bond acceptors (Lipinski definition) is 1. The van der Waals surface area contributed by atoms with E-state index >= 15 is 0 Å². The molecular formula is C12H15BrN2. The average Bonchev–Trinajstić information content (AvgIpc) is 2.42. The van der Waals surface area contributed by atoms with E-state index in [1.165, 1.54) is 5.52 Å². The van der Waals surface area contributed by atoms with Crippen LogP contribution in [0.25, 0.3) is 11.0 Å². The molecule has 1 heterocycles. The molecular weight excluding hydrogens is 252 g/mol. The first kappa shape index (κ1) is 10.7. The molecule has 0 aliphatic carbocycles. The zero-order chi connectivity index (χ0) is 11.0. The highest BCUT2D eigenvalue weighted by atomic mass is 79.9. The number of aromatic nitrogens is 2. The third-order valence-corrected chi connectivity index (χ3v) is 3.02. The molecule has 2 nitrogen and oxygen atoms in total. The fraction of sp³-hybridized carbons (Fsp3) is 0.417. The molecule has 0 radical (unpaired) electrons. The van der Waals surface area contributed by atoms with Crippen LogP contribution in [0, 0.1) is 5.92 Å². The van der Waals surface area contributed by atoms with E-state index in [9.17, 15) is 0 Å². The molecule has 2 aromatic rings. The summed E-state index contributed by atoms with van der Waals surface area (Å²) in [5.74, 6) is 1.81.